The molecular formula is C13H10BrNO2. The molecule has 2 rings (SSSR count). The molecule has 3 nitrogen and oxygen atoms in total. The summed E-state index contributed by atoms with van der Waals surface area (Å²) in [7, 11) is 0. The summed E-state index contributed by atoms with van der Waals surface area (Å²) in [6.45, 7) is 0. The Hall–Kier alpha value is -1.65. The predicted octanol–water partition coefficient (Wildman–Crippen LogP) is 3.22. The lowest BCUT2D eigenvalue weighted by Crippen LogP contribution is -2.13. The quantitative estimate of drug-likeness (QED) is 0.672. The van der Waals surface area contributed by atoms with Crippen LogP contribution in [0.1, 0.15) is 0 Å². The van der Waals surface area contributed by atoms with Crippen LogP contribution in [0, 0.1) is 0 Å². The molecular weight excluding hydrogens is 282 g/mol. The summed E-state index contributed by atoms with van der Waals surface area (Å²) in [5.41, 5.74) is 1.02. The maximum absolute atomic E-state index is 11.5. The number of nitrogens with zero attached hydrogens (tertiary/aromatic N) is 1. The first kappa shape index (κ1) is 11.8. The van der Waals surface area contributed by atoms with Crippen LogP contribution in [0.15, 0.2) is 64.8 Å². The van der Waals surface area contributed by atoms with Crippen molar-refractivity contribution in [3.63, 3.8) is 0 Å². The Morgan fingerprint density at radius 2 is 1.88 bits per heavy atom. The van der Waals surface area contributed by atoms with Crippen LogP contribution in [0.4, 0.5) is 5.69 Å². The topological polar surface area (TPSA) is 40.5 Å². The number of benzene rings is 1. The van der Waals surface area contributed by atoms with E-state index in [1.54, 1.807) is 30.4 Å². The largest absolute Gasteiger partial charge is 0.289 e. The van der Waals surface area contributed by atoms with Crippen LogP contribution in [-0.2, 0) is 4.79 Å². The summed E-state index contributed by atoms with van der Waals surface area (Å²) < 4.78 is 0.752. The summed E-state index contributed by atoms with van der Waals surface area (Å²) in [5, 5.41) is 10.8. The first-order chi connectivity index (χ1) is 8.18. The van der Waals surface area contributed by atoms with Gasteiger partial charge in [0, 0.05) is 16.2 Å². The van der Waals surface area contributed by atoms with Crippen LogP contribution >= 0.6 is 15.9 Å². The van der Waals surface area contributed by atoms with Gasteiger partial charge in [0.1, 0.15) is 0 Å². The van der Waals surface area contributed by atoms with Crippen LogP contribution in [0.25, 0.3) is 0 Å². The van der Waals surface area contributed by atoms with E-state index in [2.05, 4.69) is 15.9 Å². The second-order valence-electron chi connectivity index (χ2n) is 3.46. The van der Waals surface area contributed by atoms with E-state index >= 15 is 0 Å². The van der Waals surface area contributed by atoms with E-state index in [9.17, 15) is 10.0 Å². The van der Waals surface area contributed by atoms with E-state index < -0.39 is 0 Å². The van der Waals surface area contributed by atoms with Gasteiger partial charge in [-0.1, -0.05) is 24.3 Å². The molecule has 0 atom stereocenters. The van der Waals surface area contributed by atoms with Crippen LogP contribution in [0.3, 0.4) is 0 Å². The van der Waals surface area contributed by atoms with Gasteiger partial charge in [0.15, 0.2) is 5.78 Å². The number of hydrogen-bond acceptors (Lipinski definition) is 3. The molecule has 0 bridgehead atoms. The predicted molar refractivity (Wildman–Crippen MR) is 69.8 cm³/mol. The standard InChI is InChI=1S/C13H10BrNO2/c14-11-6-2-3-7-12(11)15(17)9-10-5-1-4-8-13(10)16/h1-9,17H/b10-9-. The number of hydroxylamine groups is 1. The number of allylic oxidation sites excluding steroid dienone is 5. The van der Waals surface area contributed by atoms with E-state index in [1.807, 2.05) is 12.1 Å². The SMILES string of the molecule is O=C1C=CC=C/C1=C/N(O)c1ccccc1Br. The van der Waals surface area contributed by atoms with Crippen molar-refractivity contribution in [1.82, 2.24) is 0 Å². The van der Waals surface area contributed by atoms with Crippen LogP contribution in [0.5, 0.6) is 0 Å². The maximum Gasteiger partial charge on any atom is 0.187 e. The van der Waals surface area contributed by atoms with Crippen LogP contribution in [0.2, 0.25) is 0 Å². The Labute approximate surface area is 107 Å². The average Bonchev–Trinajstić information content (AvgIpc) is 2.32. The van der Waals surface area contributed by atoms with Gasteiger partial charge in [0.25, 0.3) is 0 Å². The van der Waals surface area contributed by atoms with Crippen molar-refractivity contribution in [3.05, 3.63) is 64.8 Å². The number of anilines is 1. The lowest BCUT2D eigenvalue weighted by atomic mass is 10.1. The first-order valence-electron chi connectivity index (χ1n) is 5.02. The zero-order chi connectivity index (χ0) is 12.3. The molecule has 4 heteroatoms. The fraction of sp³-hybridized carbons (Fsp3) is 0. The fourth-order valence-corrected chi connectivity index (χ4v) is 1.89. The number of hydrogen-bond donors (Lipinski definition) is 1. The number of ketones is 1. The molecule has 1 aromatic rings. The van der Waals surface area contributed by atoms with Crippen LogP contribution < -0.4 is 5.06 Å². The molecule has 0 radical (unpaired) electrons. The van der Waals surface area contributed by atoms with Gasteiger partial charge in [-0.2, -0.15) is 0 Å². The van der Waals surface area contributed by atoms with Crippen molar-refractivity contribution in [2.24, 2.45) is 0 Å². The molecule has 0 unspecified atom stereocenters. The Kier molecular flexibility index (Phi) is 3.56. The number of rotatable bonds is 2. The molecule has 0 saturated carbocycles. The molecule has 0 aliphatic heterocycles. The van der Waals surface area contributed by atoms with E-state index in [-0.39, 0.29) is 5.78 Å². The number of para-hydroxylation sites is 1. The first-order valence-corrected chi connectivity index (χ1v) is 5.81. The van der Waals surface area contributed by atoms with Gasteiger partial charge in [-0.15, -0.1) is 0 Å². The van der Waals surface area contributed by atoms with Gasteiger partial charge >= 0.3 is 0 Å². The number of halogens is 1. The molecule has 17 heavy (non-hydrogen) atoms. The smallest absolute Gasteiger partial charge is 0.187 e. The Balaban J connectivity index is 2.28. The van der Waals surface area contributed by atoms with Gasteiger partial charge in [0.05, 0.1) is 5.69 Å². The summed E-state index contributed by atoms with van der Waals surface area (Å²) in [6.07, 6.45) is 7.92. The molecule has 1 aliphatic rings. The maximum atomic E-state index is 11.5. The highest BCUT2D eigenvalue weighted by Gasteiger charge is 2.09. The Bertz CT molecular complexity index is 532. The molecule has 0 amide bonds. The highest BCUT2D eigenvalue weighted by molar-refractivity contribution is 9.10. The minimum Gasteiger partial charge on any atom is -0.289 e. The lowest BCUT2D eigenvalue weighted by molar-refractivity contribution is -0.111. The second kappa shape index (κ2) is 5.12. The highest BCUT2D eigenvalue weighted by Crippen LogP contribution is 2.25. The lowest BCUT2D eigenvalue weighted by Gasteiger charge is -2.15. The molecule has 0 aromatic heterocycles. The van der Waals surface area contributed by atoms with Crippen molar-refractivity contribution in [3.8, 4) is 0 Å². The molecule has 1 aromatic carbocycles. The summed E-state index contributed by atoms with van der Waals surface area (Å²) in [5.74, 6) is -0.126. The van der Waals surface area contributed by atoms with Crippen molar-refractivity contribution in [1.29, 1.82) is 0 Å². The Morgan fingerprint density at radius 3 is 2.59 bits per heavy atom. The van der Waals surface area contributed by atoms with Gasteiger partial charge in [-0.3, -0.25) is 10.0 Å². The normalized spacial score (nSPS) is 16.6. The fourth-order valence-electron chi connectivity index (χ4n) is 1.43. The summed E-state index contributed by atoms with van der Waals surface area (Å²) in [4.78, 5) is 11.5. The average molecular weight is 292 g/mol. The van der Waals surface area contributed by atoms with Crippen molar-refractivity contribution in [2.75, 3.05) is 5.06 Å². The zero-order valence-corrected chi connectivity index (χ0v) is 10.5. The molecule has 1 aliphatic carbocycles. The summed E-state index contributed by atoms with van der Waals surface area (Å²) >= 11 is 3.33. The minimum absolute atomic E-state index is 0.126. The molecule has 0 fully saturated rings. The highest BCUT2D eigenvalue weighted by atomic mass is 79.9. The van der Waals surface area contributed by atoms with Gasteiger partial charge < -0.3 is 0 Å². The molecule has 0 spiro atoms. The van der Waals surface area contributed by atoms with Gasteiger partial charge in [0.2, 0.25) is 0 Å². The number of carbonyl (C=O) groups excluding carboxylic acids is 1. The third kappa shape index (κ3) is 2.72. The Morgan fingerprint density at radius 1 is 1.18 bits per heavy atom. The minimum atomic E-state index is -0.126. The molecule has 0 heterocycles. The van der Waals surface area contributed by atoms with Crippen molar-refractivity contribution < 1.29 is 10.0 Å². The molecule has 86 valence electrons. The monoisotopic (exact) mass is 291 g/mol. The van der Waals surface area contributed by atoms with Gasteiger partial charge in [-0.05, 0) is 40.2 Å². The third-order valence-corrected chi connectivity index (χ3v) is 2.95. The van der Waals surface area contributed by atoms with Crippen molar-refractivity contribution in [2.45, 2.75) is 0 Å². The van der Waals surface area contributed by atoms with E-state index in [1.165, 1.54) is 12.3 Å². The van der Waals surface area contributed by atoms with Crippen LogP contribution in [-0.4, -0.2) is 11.0 Å². The van der Waals surface area contributed by atoms with Crippen molar-refractivity contribution >= 4 is 27.4 Å². The van der Waals surface area contributed by atoms with E-state index in [0.717, 1.165) is 9.54 Å². The zero-order valence-electron chi connectivity index (χ0n) is 8.88. The van der Waals surface area contributed by atoms with E-state index in [4.69, 9.17) is 0 Å². The van der Waals surface area contributed by atoms with Gasteiger partial charge in [-0.25, -0.2) is 5.06 Å². The summed E-state index contributed by atoms with van der Waals surface area (Å²) in [6, 6.07) is 7.21. The molecule has 0 saturated heterocycles. The number of carbonyl (C=O) groups is 1. The van der Waals surface area contributed by atoms with E-state index in [0.29, 0.717) is 11.3 Å². The third-order valence-electron chi connectivity index (χ3n) is 2.28. The second-order valence-corrected chi connectivity index (χ2v) is 4.32. The molecule has 1 N–H and O–H groups in total.